The maximum atomic E-state index is 3.55. The zero-order valence-electron chi connectivity index (χ0n) is 10.1. The highest BCUT2D eigenvalue weighted by Crippen LogP contribution is 2.05. The van der Waals surface area contributed by atoms with Gasteiger partial charge in [0.15, 0.2) is 0 Å². The summed E-state index contributed by atoms with van der Waals surface area (Å²) in [6.07, 6.45) is 1.20. The zero-order chi connectivity index (χ0) is 10.4. The minimum atomic E-state index is 0.564. The van der Waals surface area contributed by atoms with Gasteiger partial charge in [-0.1, -0.05) is 27.7 Å². The fourth-order valence-electron chi connectivity index (χ4n) is 1.16. The molecule has 1 N–H and O–H groups in total. The molecule has 0 aromatic carbocycles. The summed E-state index contributed by atoms with van der Waals surface area (Å²) in [5, 5.41) is 2.34. The average Bonchev–Trinajstić information content (AvgIpc) is 2.12. The van der Waals surface area contributed by atoms with E-state index in [1.54, 1.807) is 0 Å². The van der Waals surface area contributed by atoms with E-state index in [0.717, 1.165) is 6.54 Å². The molecule has 80 valence electrons. The molecular formula is C11H26N2. The van der Waals surface area contributed by atoms with E-state index in [1.807, 2.05) is 0 Å². The van der Waals surface area contributed by atoms with Crippen molar-refractivity contribution in [3.05, 3.63) is 0 Å². The van der Waals surface area contributed by atoms with Gasteiger partial charge >= 0.3 is 0 Å². The molecule has 0 rings (SSSR count). The second-order valence-corrected chi connectivity index (χ2v) is 4.21. The largest absolute Gasteiger partial charge is 0.252 e. The maximum Gasteiger partial charge on any atom is 0.0212 e. The lowest BCUT2D eigenvalue weighted by Gasteiger charge is -2.32. The molecule has 0 heterocycles. The van der Waals surface area contributed by atoms with Crippen LogP contribution in [0.25, 0.3) is 0 Å². The molecule has 0 aliphatic heterocycles. The van der Waals surface area contributed by atoms with Crippen LogP contribution in [0.2, 0.25) is 0 Å². The van der Waals surface area contributed by atoms with E-state index in [2.05, 4.69) is 52.0 Å². The van der Waals surface area contributed by atoms with Gasteiger partial charge in [0.25, 0.3) is 0 Å². The fraction of sp³-hybridized carbons (Fsp3) is 1.00. The Morgan fingerprint density at radius 3 is 1.92 bits per heavy atom. The van der Waals surface area contributed by atoms with Crippen molar-refractivity contribution in [2.75, 3.05) is 6.54 Å². The lowest BCUT2D eigenvalue weighted by atomic mass is 10.1. The van der Waals surface area contributed by atoms with E-state index >= 15 is 0 Å². The molecular weight excluding hydrogens is 160 g/mol. The zero-order valence-corrected chi connectivity index (χ0v) is 10.1. The first kappa shape index (κ1) is 12.9. The molecule has 0 saturated heterocycles. The molecule has 0 aliphatic rings. The summed E-state index contributed by atoms with van der Waals surface area (Å²) in [4.78, 5) is 0. The Labute approximate surface area is 83.7 Å². The van der Waals surface area contributed by atoms with Gasteiger partial charge in [-0.3, -0.25) is 5.43 Å². The Bertz CT molecular complexity index is 123. The van der Waals surface area contributed by atoms with Gasteiger partial charge in [0.2, 0.25) is 0 Å². The molecule has 13 heavy (non-hydrogen) atoms. The molecule has 2 nitrogen and oxygen atoms in total. The second-order valence-electron chi connectivity index (χ2n) is 4.21. The number of nitrogens with zero attached hydrogens (tertiary/aromatic N) is 1. The van der Waals surface area contributed by atoms with Crippen LogP contribution in [0.1, 0.15) is 48.0 Å². The Morgan fingerprint density at radius 1 is 1.08 bits per heavy atom. The van der Waals surface area contributed by atoms with Crippen molar-refractivity contribution in [2.45, 2.75) is 60.0 Å². The highest BCUT2D eigenvalue weighted by molar-refractivity contribution is 4.66. The first-order chi connectivity index (χ1) is 6.02. The molecule has 2 atom stereocenters. The fourth-order valence-corrected chi connectivity index (χ4v) is 1.16. The summed E-state index contributed by atoms with van der Waals surface area (Å²) < 4.78 is 0. The molecule has 0 fully saturated rings. The van der Waals surface area contributed by atoms with Gasteiger partial charge in [0.1, 0.15) is 0 Å². The summed E-state index contributed by atoms with van der Waals surface area (Å²) in [5.74, 6) is 0.693. The van der Waals surface area contributed by atoms with Crippen LogP contribution in [-0.4, -0.2) is 23.6 Å². The number of hydrogen-bond acceptors (Lipinski definition) is 2. The molecule has 0 amide bonds. The van der Waals surface area contributed by atoms with Gasteiger partial charge < -0.3 is 0 Å². The van der Waals surface area contributed by atoms with Crippen molar-refractivity contribution in [2.24, 2.45) is 5.92 Å². The third-order valence-electron chi connectivity index (χ3n) is 2.83. The molecule has 1 unspecified atom stereocenters. The van der Waals surface area contributed by atoms with Crippen LogP contribution in [0, 0.1) is 5.92 Å². The first-order valence-corrected chi connectivity index (χ1v) is 5.55. The quantitative estimate of drug-likeness (QED) is 0.642. The van der Waals surface area contributed by atoms with Crippen LogP contribution in [0.4, 0.5) is 0 Å². The summed E-state index contributed by atoms with van der Waals surface area (Å²) in [7, 11) is 0. The van der Waals surface area contributed by atoms with E-state index in [-0.39, 0.29) is 0 Å². The standard InChI is InChI=1S/C11H26N2/c1-7-10(5)13(8-2)12-11(6)9(3)4/h9-12H,7-8H2,1-6H3/t10?,11-/m1/s1. The van der Waals surface area contributed by atoms with Gasteiger partial charge in [0, 0.05) is 18.6 Å². The smallest absolute Gasteiger partial charge is 0.0212 e. The average molecular weight is 186 g/mol. The van der Waals surface area contributed by atoms with Crippen LogP contribution in [0.5, 0.6) is 0 Å². The Balaban J connectivity index is 3.97. The van der Waals surface area contributed by atoms with Crippen molar-refractivity contribution in [3.8, 4) is 0 Å². The van der Waals surface area contributed by atoms with Gasteiger partial charge in [-0.15, -0.1) is 0 Å². The highest BCUT2D eigenvalue weighted by Gasteiger charge is 2.14. The monoisotopic (exact) mass is 186 g/mol. The lowest BCUT2D eigenvalue weighted by molar-refractivity contribution is 0.104. The van der Waals surface area contributed by atoms with Crippen molar-refractivity contribution >= 4 is 0 Å². The summed E-state index contributed by atoms with van der Waals surface area (Å²) >= 11 is 0. The van der Waals surface area contributed by atoms with Crippen LogP contribution < -0.4 is 5.43 Å². The third kappa shape index (κ3) is 4.63. The normalized spacial score (nSPS) is 16.6. The molecule has 0 aliphatic carbocycles. The third-order valence-corrected chi connectivity index (χ3v) is 2.83. The predicted molar refractivity (Wildman–Crippen MR) is 59.6 cm³/mol. The molecule has 0 aromatic rings. The van der Waals surface area contributed by atoms with Crippen molar-refractivity contribution in [1.29, 1.82) is 0 Å². The van der Waals surface area contributed by atoms with Crippen LogP contribution in [0.3, 0.4) is 0 Å². The molecule has 0 aromatic heterocycles. The van der Waals surface area contributed by atoms with E-state index < -0.39 is 0 Å². The number of hydrazine groups is 1. The summed E-state index contributed by atoms with van der Waals surface area (Å²) in [5.41, 5.74) is 3.55. The van der Waals surface area contributed by atoms with Gasteiger partial charge in [0.05, 0.1) is 0 Å². The molecule has 0 spiro atoms. The summed E-state index contributed by atoms with van der Waals surface area (Å²) in [6.45, 7) is 14.5. The molecule has 0 radical (unpaired) electrons. The van der Waals surface area contributed by atoms with Crippen molar-refractivity contribution in [3.63, 3.8) is 0 Å². The topological polar surface area (TPSA) is 15.3 Å². The van der Waals surface area contributed by atoms with Crippen LogP contribution in [0.15, 0.2) is 0 Å². The highest BCUT2D eigenvalue weighted by atomic mass is 15.5. The molecule has 0 saturated carbocycles. The minimum absolute atomic E-state index is 0.564. The van der Waals surface area contributed by atoms with Gasteiger partial charge in [-0.25, -0.2) is 5.01 Å². The Hall–Kier alpha value is -0.0800. The van der Waals surface area contributed by atoms with Crippen molar-refractivity contribution in [1.82, 2.24) is 10.4 Å². The Kier molecular flexibility index (Phi) is 6.35. The van der Waals surface area contributed by atoms with E-state index in [9.17, 15) is 0 Å². The molecule has 2 heteroatoms. The minimum Gasteiger partial charge on any atom is -0.252 e. The van der Waals surface area contributed by atoms with E-state index in [4.69, 9.17) is 0 Å². The lowest BCUT2D eigenvalue weighted by Crippen LogP contribution is -2.49. The Morgan fingerprint density at radius 2 is 1.62 bits per heavy atom. The van der Waals surface area contributed by atoms with Gasteiger partial charge in [-0.2, -0.15) is 0 Å². The van der Waals surface area contributed by atoms with Crippen molar-refractivity contribution < 1.29 is 0 Å². The van der Waals surface area contributed by atoms with Crippen LogP contribution >= 0.6 is 0 Å². The maximum absolute atomic E-state index is 3.55. The van der Waals surface area contributed by atoms with E-state index in [0.29, 0.717) is 18.0 Å². The first-order valence-electron chi connectivity index (χ1n) is 5.55. The number of hydrogen-bond donors (Lipinski definition) is 1. The SMILES string of the molecule is CCC(C)N(CC)N[C@H](C)C(C)C. The number of rotatable bonds is 6. The number of nitrogens with one attached hydrogen (secondary N) is 1. The summed E-state index contributed by atoms with van der Waals surface area (Å²) in [6, 6.07) is 1.19. The van der Waals surface area contributed by atoms with E-state index in [1.165, 1.54) is 6.42 Å². The molecule has 0 bridgehead atoms. The second kappa shape index (κ2) is 6.39. The predicted octanol–water partition coefficient (Wildman–Crippen LogP) is 2.66. The van der Waals surface area contributed by atoms with Gasteiger partial charge in [-0.05, 0) is 26.2 Å². The van der Waals surface area contributed by atoms with Crippen LogP contribution in [-0.2, 0) is 0 Å².